The molecule has 3 nitrogen and oxygen atoms in total. The summed E-state index contributed by atoms with van der Waals surface area (Å²) in [6, 6.07) is 8.17. The highest BCUT2D eigenvalue weighted by Gasteiger charge is 2.02. The first-order valence-corrected chi connectivity index (χ1v) is 6.57. The molecule has 1 aromatic rings. The van der Waals surface area contributed by atoms with Crippen LogP contribution in [0, 0.1) is 0 Å². The van der Waals surface area contributed by atoms with E-state index in [0.717, 1.165) is 24.2 Å². The van der Waals surface area contributed by atoms with E-state index in [4.69, 9.17) is 9.47 Å². The normalized spacial score (nSPS) is 12.6. The fourth-order valence-electron chi connectivity index (χ4n) is 1.40. The molecule has 1 unspecified atom stereocenters. The minimum atomic E-state index is 0.200. The zero-order valence-electron chi connectivity index (χ0n) is 10.4. The molecule has 4 heteroatoms. The second kappa shape index (κ2) is 8.64. The van der Waals surface area contributed by atoms with E-state index >= 15 is 0 Å². The zero-order valence-corrected chi connectivity index (χ0v) is 12.0. The number of benzene rings is 1. The maximum atomic E-state index is 5.74. The molecule has 0 amide bonds. The smallest absolute Gasteiger partial charge is 0.0721 e. The highest BCUT2D eigenvalue weighted by Crippen LogP contribution is 2.12. The van der Waals surface area contributed by atoms with E-state index in [0.29, 0.717) is 6.61 Å². The summed E-state index contributed by atoms with van der Waals surface area (Å²) in [5, 5.41) is 3.27. The number of hydrogen-bond acceptors (Lipinski definition) is 3. The monoisotopic (exact) mass is 301 g/mol. The molecule has 0 heterocycles. The van der Waals surface area contributed by atoms with Gasteiger partial charge in [-0.1, -0.05) is 28.1 Å². The number of nitrogens with one attached hydrogen (secondary N) is 1. The van der Waals surface area contributed by atoms with Crippen molar-refractivity contribution in [3.8, 4) is 0 Å². The summed E-state index contributed by atoms with van der Waals surface area (Å²) >= 11 is 3.45. The van der Waals surface area contributed by atoms with Gasteiger partial charge in [0.25, 0.3) is 0 Å². The highest BCUT2D eigenvalue weighted by molar-refractivity contribution is 9.10. The van der Waals surface area contributed by atoms with Gasteiger partial charge < -0.3 is 14.8 Å². The topological polar surface area (TPSA) is 30.5 Å². The first-order valence-electron chi connectivity index (χ1n) is 5.78. The third-order valence-corrected chi connectivity index (χ3v) is 2.83. The Hall–Kier alpha value is -0.420. The molecule has 0 bridgehead atoms. The van der Waals surface area contributed by atoms with Crippen LogP contribution in [-0.2, 0) is 16.1 Å². The van der Waals surface area contributed by atoms with Crippen LogP contribution in [0.5, 0.6) is 0 Å². The van der Waals surface area contributed by atoms with Crippen LogP contribution in [0.4, 0.5) is 0 Å². The molecule has 0 radical (unpaired) electrons. The van der Waals surface area contributed by atoms with Gasteiger partial charge in [0, 0.05) is 24.7 Å². The van der Waals surface area contributed by atoms with Gasteiger partial charge in [0.15, 0.2) is 0 Å². The van der Waals surface area contributed by atoms with Crippen LogP contribution < -0.4 is 5.32 Å². The van der Waals surface area contributed by atoms with Crippen LogP contribution in [0.15, 0.2) is 28.7 Å². The molecule has 17 heavy (non-hydrogen) atoms. The third kappa shape index (κ3) is 6.78. The predicted octanol–water partition coefficient (Wildman–Crippen LogP) is 2.59. The SMILES string of the molecule is COCCNCC(C)OCc1cccc(Br)c1. The Bertz CT molecular complexity index is 320. The van der Waals surface area contributed by atoms with Crippen molar-refractivity contribution in [2.75, 3.05) is 26.8 Å². The quantitative estimate of drug-likeness (QED) is 0.749. The van der Waals surface area contributed by atoms with Gasteiger partial charge in [0.2, 0.25) is 0 Å². The molecule has 96 valence electrons. The molecule has 0 aromatic heterocycles. The van der Waals surface area contributed by atoms with Gasteiger partial charge in [0.05, 0.1) is 19.3 Å². The van der Waals surface area contributed by atoms with E-state index in [2.05, 4.69) is 40.3 Å². The van der Waals surface area contributed by atoms with Crippen LogP contribution >= 0.6 is 15.9 Å². The van der Waals surface area contributed by atoms with Gasteiger partial charge in [-0.25, -0.2) is 0 Å². The number of methoxy groups -OCH3 is 1. The van der Waals surface area contributed by atoms with Crippen molar-refractivity contribution < 1.29 is 9.47 Å². The van der Waals surface area contributed by atoms with Gasteiger partial charge in [-0.3, -0.25) is 0 Å². The molecule has 0 aliphatic rings. The molecule has 1 N–H and O–H groups in total. The van der Waals surface area contributed by atoms with Crippen molar-refractivity contribution in [3.05, 3.63) is 34.3 Å². The zero-order chi connectivity index (χ0) is 12.5. The predicted molar refractivity (Wildman–Crippen MR) is 73.1 cm³/mol. The minimum absolute atomic E-state index is 0.200. The van der Waals surface area contributed by atoms with Gasteiger partial charge >= 0.3 is 0 Å². The second-order valence-corrected chi connectivity index (χ2v) is 4.86. The first-order chi connectivity index (χ1) is 8.22. The first kappa shape index (κ1) is 14.6. The molecular weight excluding hydrogens is 282 g/mol. The summed E-state index contributed by atoms with van der Waals surface area (Å²) in [6.45, 7) is 5.15. The van der Waals surface area contributed by atoms with Crippen LogP contribution in [0.3, 0.4) is 0 Å². The summed E-state index contributed by atoms with van der Waals surface area (Å²) in [4.78, 5) is 0. The lowest BCUT2D eigenvalue weighted by atomic mass is 10.2. The molecule has 1 atom stereocenters. The fourth-order valence-corrected chi connectivity index (χ4v) is 1.85. The van der Waals surface area contributed by atoms with E-state index in [9.17, 15) is 0 Å². The number of halogens is 1. The maximum absolute atomic E-state index is 5.74. The van der Waals surface area contributed by atoms with Crippen LogP contribution in [-0.4, -0.2) is 32.9 Å². The summed E-state index contributed by atoms with van der Waals surface area (Å²) in [5.74, 6) is 0. The molecular formula is C13H20BrNO2. The molecule has 0 spiro atoms. The molecule has 0 saturated heterocycles. The van der Waals surface area contributed by atoms with E-state index in [1.807, 2.05) is 12.1 Å². The van der Waals surface area contributed by atoms with Crippen molar-refractivity contribution in [2.45, 2.75) is 19.6 Å². The fraction of sp³-hybridized carbons (Fsp3) is 0.538. The summed E-state index contributed by atoms with van der Waals surface area (Å²) in [5.41, 5.74) is 1.18. The molecule has 1 aromatic carbocycles. The Morgan fingerprint density at radius 2 is 2.24 bits per heavy atom. The molecule has 0 fully saturated rings. The van der Waals surface area contributed by atoms with Crippen molar-refractivity contribution in [1.82, 2.24) is 5.32 Å². The van der Waals surface area contributed by atoms with Crippen molar-refractivity contribution in [1.29, 1.82) is 0 Å². The minimum Gasteiger partial charge on any atom is -0.383 e. The van der Waals surface area contributed by atoms with Crippen LogP contribution in [0.25, 0.3) is 0 Å². The van der Waals surface area contributed by atoms with E-state index < -0.39 is 0 Å². The Labute approximate surface area is 112 Å². The molecule has 1 rings (SSSR count). The highest BCUT2D eigenvalue weighted by atomic mass is 79.9. The average molecular weight is 302 g/mol. The Morgan fingerprint density at radius 3 is 2.94 bits per heavy atom. The van der Waals surface area contributed by atoms with Gasteiger partial charge in [0.1, 0.15) is 0 Å². The van der Waals surface area contributed by atoms with E-state index in [1.54, 1.807) is 7.11 Å². The molecule has 0 saturated carbocycles. The number of rotatable bonds is 8. The number of hydrogen-bond donors (Lipinski definition) is 1. The van der Waals surface area contributed by atoms with Crippen molar-refractivity contribution in [3.63, 3.8) is 0 Å². The molecule has 0 aliphatic heterocycles. The number of ether oxygens (including phenoxy) is 2. The summed E-state index contributed by atoms with van der Waals surface area (Å²) < 4.78 is 11.8. The van der Waals surface area contributed by atoms with Crippen LogP contribution in [0.1, 0.15) is 12.5 Å². The van der Waals surface area contributed by atoms with Gasteiger partial charge in [-0.2, -0.15) is 0 Å². The van der Waals surface area contributed by atoms with E-state index in [1.165, 1.54) is 5.56 Å². The van der Waals surface area contributed by atoms with Crippen molar-refractivity contribution >= 4 is 15.9 Å². The lowest BCUT2D eigenvalue weighted by Crippen LogP contribution is -2.29. The van der Waals surface area contributed by atoms with Crippen LogP contribution in [0.2, 0.25) is 0 Å². The second-order valence-electron chi connectivity index (χ2n) is 3.95. The lowest BCUT2D eigenvalue weighted by Gasteiger charge is -2.14. The Kier molecular flexibility index (Phi) is 7.44. The average Bonchev–Trinajstić information content (AvgIpc) is 2.32. The standard InChI is InChI=1S/C13H20BrNO2/c1-11(9-15-6-7-16-2)17-10-12-4-3-5-13(14)8-12/h3-5,8,11,15H,6-7,9-10H2,1-2H3. The Balaban J connectivity index is 2.17. The lowest BCUT2D eigenvalue weighted by molar-refractivity contribution is 0.0520. The van der Waals surface area contributed by atoms with Gasteiger partial charge in [-0.15, -0.1) is 0 Å². The van der Waals surface area contributed by atoms with E-state index in [-0.39, 0.29) is 6.10 Å². The third-order valence-electron chi connectivity index (χ3n) is 2.34. The molecule has 0 aliphatic carbocycles. The summed E-state index contributed by atoms with van der Waals surface area (Å²) in [6.07, 6.45) is 0.200. The largest absolute Gasteiger partial charge is 0.383 e. The Morgan fingerprint density at radius 1 is 1.41 bits per heavy atom. The van der Waals surface area contributed by atoms with Crippen molar-refractivity contribution in [2.24, 2.45) is 0 Å². The van der Waals surface area contributed by atoms with Gasteiger partial charge in [-0.05, 0) is 24.6 Å². The maximum Gasteiger partial charge on any atom is 0.0721 e. The summed E-state index contributed by atoms with van der Waals surface area (Å²) in [7, 11) is 1.70.